The summed E-state index contributed by atoms with van der Waals surface area (Å²) >= 11 is 0. The summed E-state index contributed by atoms with van der Waals surface area (Å²) < 4.78 is 10.3. The smallest absolute Gasteiger partial charge is 0.226 e. The molecule has 2 rings (SSSR count). The van der Waals surface area contributed by atoms with Crippen LogP contribution in [-0.4, -0.2) is 29.9 Å². The fraction of sp³-hybridized carbons (Fsp3) is 0.750. The van der Waals surface area contributed by atoms with E-state index >= 15 is 0 Å². The number of nitrogens with zero attached hydrogens (tertiary/aromatic N) is 2. The van der Waals surface area contributed by atoms with Gasteiger partial charge in [0.15, 0.2) is 5.82 Å². The Morgan fingerprint density at radius 1 is 1.62 bits per heavy atom. The molecular formula is C8H13N3O2. The second-order valence-electron chi connectivity index (χ2n) is 2.98. The summed E-state index contributed by atoms with van der Waals surface area (Å²) in [6.07, 6.45) is 0.778. The van der Waals surface area contributed by atoms with Gasteiger partial charge in [0.1, 0.15) is 0 Å². The minimum atomic E-state index is 0.0952. The van der Waals surface area contributed by atoms with Crippen molar-refractivity contribution in [3.63, 3.8) is 0 Å². The molecule has 5 heteroatoms. The molecule has 1 aromatic heterocycles. The van der Waals surface area contributed by atoms with Gasteiger partial charge in [-0.05, 0) is 0 Å². The number of ether oxygens (including phenoxy) is 1. The Balaban J connectivity index is 2.05. The molecule has 1 unspecified atom stereocenters. The lowest BCUT2D eigenvalue weighted by atomic mass is 10.2. The minimum absolute atomic E-state index is 0.0952. The van der Waals surface area contributed by atoms with Gasteiger partial charge < -0.3 is 14.6 Å². The average Bonchev–Trinajstić information content (AvgIpc) is 2.67. The molecule has 1 saturated heterocycles. The molecule has 0 aliphatic carbocycles. The first-order chi connectivity index (χ1) is 6.40. The fourth-order valence-electron chi connectivity index (χ4n) is 1.28. The summed E-state index contributed by atoms with van der Waals surface area (Å²) in [6, 6.07) is 0.0952. The molecule has 0 saturated carbocycles. The van der Waals surface area contributed by atoms with Crippen molar-refractivity contribution in [2.75, 3.05) is 19.8 Å². The minimum Gasteiger partial charge on any atom is -0.378 e. The second kappa shape index (κ2) is 3.85. The molecule has 1 aliphatic rings. The second-order valence-corrected chi connectivity index (χ2v) is 2.98. The first-order valence-corrected chi connectivity index (χ1v) is 4.53. The van der Waals surface area contributed by atoms with Crippen LogP contribution in [0.2, 0.25) is 0 Å². The van der Waals surface area contributed by atoms with E-state index in [-0.39, 0.29) is 6.04 Å². The largest absolute Gasteiger partial charge is 0.378 e. The van der Waals surface area contributed by atoms with Crippen LogP contribution in [0.4, 0.5) is 0 Å². The normalized spacial score (nSPS) is 23.3. The first-order valence-electron chi connectivity index (χ1n) is 4.53. The van der Waals surface area contributed by atoms with E-state index in [1.807, 2.05) is 6.92 Å². The van der Waals surface area contributed by atoms with Crippen molar-refractivity contribution in [2.45, 2.75) is 19.4 Å². The van der Waals surface area contributed by atoms with E-state index in [0.29, 0.717) is 18.3 Å². The highest BCUT2D eigenvalue weighted by molar-refractivity contribution is 4.95. The summed E-state index contributed by atoms with van der Waals surface area (Å²) in [7, 11) is 0. The summed E-state index contributed by atoms with van der Waals surface area (Å²) in [5, 5.41) is 7.14. The van der Waals surface area contributed by atoms with Crippen LogP contribution >= 0.6 is 0 Å². The number of rotatable bonds is 2. The zero-order chi connectivity index (χ0) is 9.10. The van der Waals surface area contributed by atoms with Crippen LogP contribution in [0.25, 0.3) is 0 Å². The van der Waals surface area contributed by atoms with Gasteiger partial charge in [-0.25, -0.2) is 0 Å². The van der Waals surface area contributed by atoms with Crippen molar-refractivity contribution in [1.29, 1.82) is 0 Å². The molecule has 0 radical (unpaired) electrons. The van der Waals surface area contributed by atoms with E-state index in [1.54, 1.807) is 0 Å². The van der Waals surface area contributed by atoms with Crippen LogP contribution in [0.1, 0.15) is 24.7 Å². The predicted molar refractivity (Wildman–Crippen MR) is 45.2 cm³/mol. The van der Waals surface area contributed by atoms with Crippen LogP contribution in [0.3, 0.4) is 0 Å². The number of aromatic nitrogens is 2. The van der Waals surface area contributed by atoms with Gasteiger partial charge in [0.05, 0.1) is 19.3 Å². The maximum absolute atomic E-state index is 5.30. The fourth-order valence-corrected chi connectivity index (χ4v) is 1.28. The van der Waals surface area contributed by atoms with Crippen molar-refractivity contribution < 1.29 is 9.26 Å². The molecule has 0 aromatic carbocycles. The molecule has 0 amide bonds. The van der Waals surface area contributed by atoms with Crippen LogP contribution in [0, 0.1) is 0 Å². The third-order valence-electron chi connectivity index (χ3n) is 2.02. The third-order valence-corrected chi connectivity index (χ3v) is 2.02. The van der Waals surface area contributed by atoms with Crippen molar-refractivity contribution in [2.24, 2.45) is 0 Å². The number of morpholine rings is 1. The van der Waals surface area contributed by atoms with Gasteiger partial charge in [0.25, 0.3) is 0 Å². The topological polar surface area (TPSA) is 60.2 Å². The lowest BCUT2D eigenvalue weighted by Crippen LogP contribution is -2.35. The Kier molecular flexibility index (Phi) is 2.56. The van der Waals surface area contributed by atoms with Gasteiger partial charge in [-0.1, -0.05) is 12.1 Å². The standard InChI is InChI=1S/C8H13N3O2/c1-2-7-10-8(11-13-7)6-5-12-4-3-9-6/h6,9H,2-5H2,1H3. The summed E-state index contributed by atoms with van der Waals surface area (Å²) in [6.45, 7) is 4.22. The van der Waals surface area contributed by atoms with E-state index in [1.165, 1.54) is 0 Å². The predicted octanol–water partition coefficient (Wildman–Crippen LogP) is 0.293. The first kappa shape index (κ1) is 8.65. The van der Waals surface area contributed by atoms with Crippen LogP contribution in [-0.2, 0) is 11.2 Å². The Bertz CT molecular complexity index is 268. The van der Waals surface area contributed by atoms with E-state index in [2.05, 4.69) is 15.5 Å². The molecular weight excluding hydrogens is 170 g/mol. The Hall–Kier alpha value is -0.940. The molecule has 1 atom stereocenters. The average molecular weight is 183 g/mol. The SMILES string of the molecule is CCc1nc(C2COCCN2)no1. The van der Waals surface area contributed by atoms with Gasteiger partial charge in [-0.3, -0.25) is 0 Å². The van der Waals surface area contributed by atoms with Gasteiger partial charge in [-0.15, -0.1) is 0 Å². The lowest BCUT2D eigenvalue weighted by Gasteiger charge is -2.20. The maximum Gasteiger partial charge on any atom is 0.226 e. The van der Waals surface area contributed by atoms with Crippen molar-refractivity contribution >= 4 is 0 Å². The van der Waals surface area contributed by atoms with Crippen LogP contribution in [0.15, 0.2) is 4.52 Å². The Morgan fingerprint density at radius 3 is 3.15 bits per heavy atom. The molecule has 5 nitrogen and oxygen atoms in total. The number of hydrogen-bond donors (Lipinski definition) is 1. The Morgan fingerprint density at radius 2 is 2.54 bits per heavy atom. The molecule has 0 spiro atoms. The van der Waals surface area contributed by atoms with Crippen molar-refractivity contribution in [1.82, 2.24) is 15.5 Å². The highest BCUT2D eigenvalue weighted by Gasteiger charge is 2.20. The van der Waals surface area contributed by atoms with Crippen LogP contribution in [0.5, 0.6) is 0 Å². The quantitative estimate of drug-likeness (QED) is 0.714. The zero-order valence-electron chi connectivity index (χ0n) is 7.62. The van der Waals surface area contributed by atoms with Gasteiger partial charge in [0.2, 0.25) is 5.89 Å². The molecule has 1 N–H and O–H groups in total. The van der Waals surface area contributed by atoms with E-state index in [4.69, 9.17) is 9.26 Å². The highest BCUT2D eigenvalue weighted by Crippen LogP contribution is 2.12. The highest BCUT2D eigenvalue weighted by atomic mass is 16.5. The molecule has 0 bridgehead atoms. The number of hydrogen-bond acceptors (Lipinski definition) is 5. The Labute approximate surface area is 76.5 Å². The van der Waals surface area contributed by atoms with Crippen LogP contribution < -0.4 is 5.32 Å². The monoisotopic (exact) mass is 183 g/mol. The van der Waals surface area contributed by atoms with Gasteiger partial charge >= 0.3 is 0 Å². The lowest BCUT2D eigenvalue weighted by molar-refractivity contribution is 0.0734. The van der Waals surface area contributed by atoms with E-state index < -0.39 is 0 Å². The van der Waals surface area contributed by atoms with E-state index in [0.717, 1.165) is 19.6 Å². The zero-order valence-corrected chi connectivity index (χ0v) is 7.62. The van der Waals surface area contributed by atoms with Gasteiger partial charge in [0, 0.05) is 13.0 Å². The summed E-state index contributed by atoms with van der Waals surface area (Å²) in [4.78, 5) is 4.23. The molecule has 1 aromatic rings. The summed E-state index contributed by atoms with van der Waals surface area (Å²) in [5.41, 5.74) is 0. The molecule has 72 valence electrons. The van der Waals surface area contributed by atoms with Crippen molar-refractivity contribution in [3.8, 4) is 0 Å². The third kappa shape index (κ3) is 1.87. The summed E-state index contributed by atoms with van der Waals surface area (Å²) in [5.74, 6) is 1.39. The number of nitrogens with one attached hydrogen (secondary N) is 1. The van der Waals surface area contributed by atoms with E-state index in [9.17, 15) is 0 Å². The molecule has 13 heavy (non-hydrogen) atoms. The number of aryl methyl sites for hydroxylation is 1. The molecule has 1 fully saturated rings. The maximum atomic E-state index is 5.30. The van der Waals surface area contributed by atoms with Gasteiger partial charge in [-0.2, -0.15) is 4.98 Å². The molecule has 2 heterocycles. The van der Waals surface area contributed by atoms with Crippen molar-refractivity contribution in [3.05, 3.63) is 11.7 Å². The molecule has 1 aliphatic heterocycles.